The maximum Gasteiger partial charge on any atom is 0.208 e. The van der Waals surface area contributed by atoms with Gasteiger partial charge in [0.15, 0.2) is 23.2 Å². The number of ether oxygens (including phenoxy) is 2. The molecule has 0 radical (unpaired) electrons. The van der Waals surface area contributed by atoms with Crippen LogP contribution in [0.2, 0.25) is 0 Å². The summed E-state index contributed by atoms with van der Waals surface area (Å²) in [5, 5.41) is 7.28. The number of thioether (sulfide) groups is 1. The lowest BCUT2D eigenvalue weighted by Crippen LogP contribution is -2.04. The van der Waals surface area contributed by atoms with E-state index in [1.807, 2.05) is 31.2 Å². The number of benzene rings is 2. The highest BCUT2D eigenvalue weighted by Crippen LogP contribution is 2.21. The molecule has 0 spiro atoms. The third-order valence-electron chi connectivity index (χ3n) is 3.78. The number of para-hydroxylation sites is 1. The molecule has 0 aliphatic carbocycles. The van der Waals surface area contributed by atoms with Gasteiger partial charge in [-0.05, 0) is 36.8 Å². The number of rotatable bonds is 8. The van der Waals surface area contributed by atoms with Crippen molar-refractivity contribution in [1.29, 1.82) is 0 Å². The van der Waals surface area contributed by atoms with Crippen LogP contribution in [-0.2, 0) is 6.61 Å². The van der Waals surface area contributed by atoms with Crippen LogP contribution in [0.4, 0.5) is 4.39 Å². The summed E-state index contributed by atoms with van der Waals surface area (Å²) < 4.78 is 24.3. The molecule has 6 nitrogen and oxygen atoms in total. The van der Waals surface area contributed by atoms with Crippen LogP contribution in [0.5, 0.6) is 11.5 Å². The highest BCUT2D eigenvalue weighted by molar-refractivity contribution is 7.99. The number of methoxy groups -OCH3 is 1. The summed E-state index contributed by atoms with van der Waals surface area (Å²) in [4.78, 5) is 16.5. The summed E-state index contributed by atoms with van der Waals surface area (Å²) in [6, 6.07) is 11.8. The number of nitrogens with zero attached hydrogens (tertiary/aromatic N) is 2. The quantitative estimate of drug-likeness (QED) is 0.468. The standard InChI is InChI=1S/C19H18FN3O3S/c1-12-5-3-4-6-16(12)26-10-18-21-19(23-22-18)27-11-15(24)13-7-8-17(25-2)14(20)9-13/h3-9H,10-11H2,1-2H3,(H,21,22,23). The molecule has 3 aromatic rings. The fraction of sp³-hybridized carbons (Fsp3) is 0.211. The van der Waals surface area contributed by atoms with Gasteiger partial charge in [-0.3, -0.25) is 9.89 Å². The number of H-pyrrole nitrogens is 1. The summed E-state index contributed by atoms with van der Waals surface area (Å²) in [6.45, 7) is 2.21. The second-order valence-electron chi connectivity index (χ2n) is 5.68. The van der Waals surface area contributed by atoms with Crippen molar-refractivity contribution in [2.24, 2.45) is 0 Å². The molecular weight excluding hydrogens is 369 g/mol. The van der Waals surface area contributed by atoms with E-state index in [2.05, 4.69) is 15.2 Å². The van der Waals surface area contributed by atoms with E-state index < -0.39 is 5.82 Å². The number of aromatic amines is 1. The lowest BCUT2D eigenvalue weighted by atomic mass is 10.1. The summed E-state index contributed by atoms with van der Waals surface area (Å²) in [6.07, 6.45) is 0. The minimum absolute atomic E-state index is 0.0989. The molecular formula is C19H18FN3O3S. The first-order valence-corrected chi connectivity index (χ1v) is 9.14. The zero-order valence-corrected chi connectivity index (χ0v) is 15.7. The molecule has 0 amide bonds. The SMILES string of the molecule is COc1ccc(C(=O)CSc2n[nH]c(COc3ccccc3C)n2)cc1F. The average molecular weight is 387 g/mol. The molecule has 0 saturated heterocycles. The molecule has 0 bridgehead atoms. The van der Waals surface area contributed by atoms with Crippen molar-refractivity contribution >= 4 is 17.5 Å². The summed E-state index contributed by atoms with van der Waals surface area (Å²) >= 11 is 1.17. The summed E-state index contributed by atoms with van der Waals surface area (Å²) in [7, 11) is 1.37. The third kappa shape index (κ3) is 4.85. The van der Waals surface area contributed by atoms with Crippen LogP contribution in [0.1, 0.15) is 21.7 Å². The molecule has 0 fully saturated rings. The molecule has 8 heteroatoms. The number of ketones is 1. The van der Waals surface area contributed by atoms with Crippen LogP contribution in [-0.4, -0.2) is 33.8 Å². The van der Waals surface area contributed by atoms with E-state index in [1.165, 1.54) is 37.1 Å². The monoisotopic (exact) mass is 387 g/mol. The number of nitrogens with one attached hydrogen (secondary N) is 1. The zero-order chi connectivity index (χ0) is 19.2. The fourth-order valence-electron chi connectivity index (χ4n) is 2.32. The fourth-order valence-corrected chi connectivity index (χ4v) is 3.04. The van der Waals surface area contributed by atoms with Crippen LogP contribution < -0.4 is 9.47 Å². The highest BCUT2D eigenvalue weighted by Gasteiger charge is 2.13. The van der Waals surface area contributed by atoms with Crippen molar-refractivity contribution in [3.8, 4) is 11.5 Å². The Kier molecular flexibility index (Phi) is 6.08. The van der Waals surface area contributed by atoms with Crippen LogP contribution in [0, 0.1) is 12.7 Å². The number of carbonyl (C=O) groups excluding carboxylic acids is 1. The minimum Gasteiger partial charge on any atom is -0.494 e. The normalized spacial score (nSPS) is 10.6. The Morgan fingerprint density at radius 2 is 2.04 bits per heavy atom. The molecule has 140 valence electrons. The Morgan fingerprint density at radius 3 is 2.78 bits per heavy atom. The van der Waals surface area contributed by atoms with Crippen molar-refractivity contribution in [3.05, 3.63) is 65.2 Å². The largest absolute Gasteiger partial charge is 0.494 e. The number of carbonyl (C=O) groups is 1. The van der Waals surface area contributed by atoms with Gasteiger partial charge < -0.3 is 9.47 Å². The molecule has 0 aliphatic rings. The van der Waals surface area contributed by atoms with Crippen molar-refractivity contribution < 1.29 is 18.7 Å². The Morgan fingerprint density at radius 1 is 1.22 bits per heavy atom. The molecule has 1 N–H and O–H groups in total. The van der Waals surface area contributed by atoms with E-state index >= 15 is 0 Å². The van der Waals surface area contributed by atoms with Gasteiger partial charge in [0.2, 0.25) is 5.16 Å². The van der Waals surface area contributed by atoms with E-state index in [-0.39, 0.29) is 29.5 Å². The molecule has 1 aromatic heterocycles. The zero-order valence-electron chi connectivity index (χ0n) is 14.9. The van der Waals surface area contributed by atoms with E-state index in [9.17, 15) is 9.18 Å². The minimum atomic E-state index is -0.568. The van der Waals surface area contributed by atoms with Crippen molar-refractivity contribution in [1.82, 2.24) is 15.2 Å². The van der Waals surface area contributed by atoms with Crippen LogP contribution in [0.25, 0.3) is 0 Å². The van der Waals surface area contributed by atoms with Crippen molar-refractivity contribution in [2.75, 3.05) is 12.9 Å². The number of aromatic nitrogens is 3. The predicted octanol–water partition coefficient (Wildman–Crippen LogP) is 3.81. The number of halogens is 1. The second-order valence-corrected chi connectivity index (χ2v) is 6.62. The van der Waals surface area contributed by atoms with E-state index in [0.717, 1.165) is 11.3 Å². The van der Waals surface area contributed by atoms with Gasteiger partial charge in [-0.2, -0.15) is 0 Å². The first kappa shape index (κ1) is 18.9. The Hall–Kier alpha value is -2.87. The molecule has 0 unspecified atom stereocenters. The first-order chi connectivity index (χ1) is 13.1. The molecule has 1 heterocycles. The van der Waals surface area contributed by atoms with Gasteiger partial charge in [0.05, 0.1) is 12.9 Å². The lowest BCUT2D eigenvalue weighted by Gasteiger charge is -2.06. The van der Waals surface area contributed by atoms with Gasteiger partial charge in [0.1, 0.15) is 12.4 Å². The number of hydrogen-bond donors (Lipinski definition) is 1. The first-order valence-electron chi connectivity index (χ1n) is 8.16. The van der Waals surface area contributed by atoms with E-state index in [4.69, 9.17) is 9.47 Å². The van der Waals surface area contributed by atoms with E-state index in [0.29, 0.717) is 11.0 Å². The highest BCUT2D eigenvalue weighted by atomic mass is 32.2. The maximum absolute atomic E-state index is 13.7. The maximum atomic E-state index is 13.7. The summed E-state index contributed by atoms with van der Waals surface area (Å²) in [5.74, 6) is 0.753. The number of aryl methyl sites for hydroxylation is 1. The van der Waals surface area contributed by atoms with Gasteiger partial charge >= 0.3 is 0 Å². The van der Waals surface area contributed by atoms with Crippen LogP contribution >= 0.6 is 11.8 Å². The predicted molar refractivity (Wildman–Crippen MR) is 99.9 cm³/mol. The number of Topliss-reactive ketones (excluding diaryl/α,β-unsaturated/α-hetero) is 1. The van der Waals surface area contributed by atoms with Gasteiger partial charge in [0.25, 0.3) is 0 Å². The Bertz CT molecular complexity index is 945. The van der Waals surface area contributed by atoms with Gasteiger partial charge in [-0.15, -0.1) is 5.10 Å². The van der Waals surface area contributed by atoms with Gasteiger partial charge in [-0.1, -0.05) is 30.0 Å². The molecule has 2 aromatic carbocycles. The molecule has 0 atom stereocenters. The van der Waals surface area contributed by atoms with Crippen molar-refractivity contribution in [3.63, 3.8) is 0 Å². The smallest absolute Gasteiger partial charge is 0.208 e. The molecule has 3 rings (SSSR count). The molecule has 0 saturated carbocycles. The number of hydrogen-bond acceptors (Lipinski definition) is 6. The summed E-state index contributed by atoms with van der Waals surface area (Å²) in [5.41, 5.74) is 1.31. The lowest BCUT2D eigenvalue weighted by molar-refractivity contribution is 0.102. The Balaban J connectivity index is 1.54. The topological polar surface area (TPSA) is 77.1 Å². The van der Waals surface area contributed by atoms with Crippen LogP contribution in [0.15, 0.2) is 47.6 Å². The van der Waals surface area contributed by atoms with Crippen LogP contribution in [0.3, 0.4) is 0 Å². The molecule has 27 heavy (non-hydrogen) atoms. The van der Waals surface area contributed by atoms with Crippen molar-refractivity contribution in [2.45, 2.75) is 18.7 Å². The Labute approximate surface area is 160 Å². The average Bonchev–Trinajstić information content (AvgIpc) is 3.13. The second kappa shape index (κ2) is 8.68. The van der Waals surface area contributed by atoms with Gasteiger partial charge in [-0.25, -0.2) is 9.37 Å². The molecule has 0 aliphatic heterocycles. The third-order valence-corrected chi connectivity index (χ3v) is 4.62. The van der Waals surface area contributed by atoms with Gasteiger partial charge in [0, 0.05) is 5.56 Å². The van der Waals surface area contributed by atoms with E-state index in [1.54, 1.807) is 0 Å².